The number of aromatic nitrogens is 3. The van der Waals surface area contributed by atoms with E-state index in [1.54, 1.807) is 0 Å². The van der Waals surface area contributed by atoms with Crippen LogP contribution in [-0.2, 0) is 0 Å². The van der Waals surface area contributed by atoms with Crippen LogP contribution >= 0.6 is 11.8 Å². The van der Waals surface area contributed by atoms with E-state index in [9.17, 15) is 4.79 Å². The van der Waals surface area contributed by atoms with E-state index in [4.69, 9.17) is 0 Å². The lowest BCUT2D eigenvalue weighted by Crippen LogP contribution is -2.25. The molecule has 5 nitrogen and oxygen atoms in total. The topological polar surface area (TPSA) is 70.7 Å². The van der Waals surface area contributed by atoms with E-state index < -0.39 is 0 Å². The minimum absolute atomic E-state index is 0.192. The third-order valence-corrected chi connectivity index (χ3v) is 3.26. The molecule has 102 valence electrons. The predicted molar refractivity (Wildman–Crippen MR) is 75.0 cm³/mol. The summed E-state index contributed by atoms with van der Waals surface area (Å²) >= 11 is 1.86. The van der Waals surface area contributed by atoms with E-state index in [2.05, 4.69) is 26.8 Å². The van der Waals surface area contributed by atoms with Crippen molar-refractivity contribution in [1.82, 2.24) is 20.5 Å². The van der Waals surface area contributed by atoms with E-state index >= 15 is 0 Å². The second-order valence-corrected chi connectivity index (χ2v) is 5.49. The number of thioether (sulfide) groups is 1. The number of carbonyl (C=O) groups is 1. The molecule has 0 aliphatic carbocycles. The first-order valence-corrected chi connectivity index (χ1v) is 7.74. The summed E-state index contributed by atoms with van der Waals surface area (Å²) in [5, 5.41) is 9.53. The van der Waals surface area contributed by atoms with E-state index in [1.165, 1.54) is 12.2 Å². The second-order valence-electron chi connectivity index (χ2n) is 4.51. The number of nitrogens with one attached hydrogen (secondary N) is 2. The minimum Gasteiger partial charge on any atom is -0.349 e. The van der Waals surface area contributed by atoms with Gasteiger partial charge in [-0.3, -0.25) is 9.89 Å². The number of unbranched alkanes of at least 4 members (excludes halogenated alkanes) is 2. The zero-order chi connectivity index (χ0) is 13.4. The van der Waals surface area contributed by atoms with Crippen molar-refractivity contribution in [3.63, 3.8) is 0 Å². The van der Waals surface area contributed by atoms with Crippen LogP contribution in [0.4, 0.5) is 0 Å². The Hall–Kier alpha value is -1.04. The SMILES string of the molecule is CSCCCCCNC(=O)c1n[nH]c(C(C)C)n1. The molecule has 1 heterocycles. The van der Waals surface area contributed by atoms with Gasteiger partial charge in [0.2, 0.25) is 5.82 Å². The molecule has 0 fully saturated rings. The summed E-state index contributed by atoms with van der Waals surface area (Å²) in [5.41, 5.74) is 0. The molecule has 0 spiro atoms. The first kappa shape index (κ1) is 15.0. The Labute approximate surface area is 113 Å². The predicted octanol–water partition coefficient (Wildman–Crippen LogP) is 2.19. The van der Waals surface area contributed by atoms with Gasteiger partial charge in [0, 0.05) is 12.5 Å². The fraction of sp³-hybridized carbons (Fsp3) is 0.750. The van der Waals surface area contributed by atoms with E-state index in [1.807, 2.05) is 25.6 Å². The standard InChI is InChI=1S/C12H22N4OS/c1-9(2)10-14-11(16-15-10)12(17)13-7-5-4-6-8-18-3/h9H,4-8H2,1-3H3,(H,13,17)(H,14,15,16). The average molecular weight is 270 g/mol. The molecule has 0 bridgehead atoms. The summed E-state index contributed by atoms with van der Waals surface area (Å²) < 4.78 is 0. The smallest absolute Gasteiger partial charge is 0.290 e. The number of hydrogen-bond donors (Lipinski definition) is 2. The van der Waals surface area contributed by atoms with Crippen molar-refractivity contribution in [3.05, 3.63) is 11.6 Å². The number of hydrogen-bond acceptors (Lipinski definition) is 4. The van der Waals surface area contributed by atoms with Gasteiger partial charge in [0.1, 0.15) is 5.82 Å². The molecular weight excluding hydrogens is 248 g/mol. The minimum atomic E-state index is -0.192. The summed E-state index contributed by atoms with van der Waals surface area (Å²) in [5.74, 6) is 2.24. The van der Waals surface area contributed by atoms with E-state index in [0.29, 0.717) is 6.54 Å². The van der Waals surface area contributed by atoms with Crippen molar-refractivity contribution < 1.29 is 4.79 Å². The molecule has 0 radical (unpaired) electrons. The van der Waals surface area contributed by atoms with Crippen LogP contribution < -0.4 is 5.32 Å². The second kappa shape index (κ2) is 8.13. The highest BCUT2D eigenvalue weighted by Crippen LogP contribution is 2.07. The summed E-state index contributed by atoms with van der Waals surface area (Å²) in [4.78, 5) is 15.9. The third-order valence-electron chi connectivity index (χ3n) is 2.56. The number of carbonyl (C=O) groups excluding carboxylic acids is 1. The lowest BCUT2D eigenvalue weighted by molar-refractivity contribution is 0.0943. The molecule has 0 unspecified atom stereocenters. The van der Waals surface area contributed by atoms with Crippen LogP contribution in [-0.4, -0.2) is 39.6 Å². The van der Waals surface area contributed by atoms with Gasteiger partial charge < -0.3 is 5.32 Å². The van der Waals surface area contributed by atoms with Gasteiger partial charge >= 0.3 is 0 Å². The number of rotatable bonds is 8. The Bertz CT molecular complexity index is 365. The van der Waals surface area contributed by atoms with Crippen LogP contribution in [0.25, 0.3) is 0 Å². The van der Waals surface area contributed by atoms with Crippen LogP contribution in [0.3, 0.4) is 0 Å². The molecular formula is C12H22N4OS. The van der Waals surface area contributed by atoms with Crippen molar-refractivity contribution in [1.29, 1.82) is 0 Å². The molecule has 6 heteroatoms. The highest BCUT2D eigenvalue weighted by molar-refractivity contribution is 7.98. The van der Waals surface area contributed by atoms with Gasteiger partial charge in [-0.05, 0) is 24.9 Å². The number of H-pyrrole nitrogens is 1. The lowest BCUT2D eigenvalue weighted by atomic mass is 10.2. The molecule has 0 aliphatic rings. The summed E-state index contributed by atoms with van der Waals surface area (Å²) in [7, 11) is 0. The van der Waals surface area contributed by atoms with Crippen molar-refractivity contribution in [2.24, 2.45) is 0 Å². The zero-order valence-corrected chi connectivity index (χ0v) is 12.1. The maximum absolute atomic E-state index is 11.7. The fourth-order valence-electron chi connectivity index (χ4n) is 1.46. The summed E-state index contributed by atoms with van der Waals surface area (Å²) in [6.07, 6.45) is 5.46. The fourth-order valence-corrected chi connectivity index (χ4v) is 1.96. The molecule has 0 aromatic carbocycles. The van der Waals surface area contributed by atoms with Crippen LogP contribution in [0.2, 0.25) is 0 Å². The van der Waals surface area contributed by atoms with Crippen LogP contribution in [0, 0.1) is 0 Å². The Morgan fingerprint density at radius 1 is 1.39 bits per heavy atom. The Morgan fingerprint density at radius 3 is 2.78 bits per heavy atom. The normalized spacial score (nSPS) is 10.9. The van der Waals surface area contributed by atoms with Crippen molar-refractivity contribution in [2.45, 2.75) is 39.0 Å². The molecule has 0 saturated carbocycles. The van der Waals surface area contributed by atoms with Gasteiger partial charge in [-0.25, -0.2) is 4.98 Å². The first-order chi connectivity index (χ1) is 8.65. The average Bonchev–Trinajstić information content (AvgIpc) is 2.83. The van der Waals surface area contributed by atoms with Crippen LogP contribution in [0.5, 0.6) is 0 Å². The quantitative estimate of drug-likeness (QED) is 0.710. The summed E-state index contributed by atoms with van der Waals surface area (Å²) in [6.45, 7) is 4.71. The van der Waals surface area contributed by atoms with E-state index in [-0.39, 0.29) is 17.6 Å². The van der Waals surface area contributed by atoms with Crippen molar-refractivity contribution >= 4 is 17.7 Å². The molecule has 18 heavy (non-hydrogen) atoms. The maximum Gasteiger partial charge on any atom is 0.290 e. The Kier molecular flexibility index (Phi) is 6.78. The number of amides is 1. The highest BCUT2D eigenvalue weighted by atomic mass is 32.2. The molecule has 0 aliphatic heterocycles. The van der Waals surface area contributed by atoms with Gasteiger partial charge in [-0.1, -0.05) is 20.3 Å². The Morgan fingerprint density at radius 2 is 2.17 bits per heavy atom. The maximum atomic E-state index is 11.7. The third kappa shape index (κ3) is 5.08. The van der Waals surface area contributed by atoms with Gasteiger partial charge in [-0.2, -0.15) is 11.8 Å². The van der Waals surface area contributed by atoms with Crippen molar-refractivity contribution in [3.8, 4) is 0 Å². The largest absolute Gasteiger partial charge is 0.349 e. The van der Waals surface area contributed by atoms with Gasteiger partial charge in [-0.15, -0.1) is 5.10 Å². The monoisotopic (exact) mass is 270 g/mol. The van der Waals surface area contributed by atoms with E-state index in [0.717, 1.165) is 18.7 Å². The highest BCUT2D eigenvalue weighted by Gasteiger charge is 2.13. The summed E-state index contributed by atoms with van der Waals surface area (Å²) in [6, 6.07) is 0. The van der Waals surface area contributed by atoms with Crippen LogP contribution in [0.15, 0.2) is 0 Å². The Balaban J connectivity index is 2.23. The van der Waals surface area contributed by atoms with Gasteiger partial charge in [0.05, 0.1) is 0 Å². The van der Waals surface area contributed by atoms with Crippen LogP contribution in [0.1, 0.15) is 55.5 Å². The number of nitrogens with zero attached hydrogens (tertiary/aromatic N) is 2. The molecule has 1 rings (SSSR count). The molecule has 2 N–H and O–H groups in total. The molecule has 1 amide bonds. The lowest BCUT2D eigenvalue weighted by Gasteiger charge is -2.02. The van der Waals surface area contributed by atoms with Gasteiger partial charge in [0.25, 0.3) is 5.91 Å². The zero-order valence-electron chi connectivity index (χ0n) is 11.3. The number of aromatic amines is 1. The molecule has 0 atom stereocenters. The van der Waals surface area contributed by atoms with Gasteiger partial charge in [0.15, 0.2) is 0 Å². The van der Waals surface area contributed by atoms with Crippen molar-refractivity contribution in [2.75, 3.05) is 18.6 Å². The first-order valence-electron chi connectivity index (χ1n) is 6.34. The molecule has 0 saturated heterocycles. The molecule has 1 aromatic rings. The molecule has 1 aromatic heterocycles.